The Labute approximate surface area is 124 Å². The zero-order valence-corrected chi connectivity index (χ0v) is 11.7. The second-order valence-electron chi connectivity index (χ2n) is 4.23. The molecule has 3 aromatic rings. The van der Waals surface area contributed by atoms with E-state index in [0.29, 0.717) is 16.7 Å². The summed E-state index contributed by atoms with van der Waals surface area (Å²) in [5.41, 5.74) is 8.50. The maximum absolute atomic E-state index is 8.78. The van der Waals surface area contributed by atoms with Crippen molar-refractivity contribution >= 4 is 28.7 Å². The Morgan fingerprint density at radius 1 is 1.29 bits per heavy atom. The van der Waals surface area contributed by atoms with E-state index in [1.54, 1.807) is 12.3 Å². The summed E-state index contributed by atoms with van der Waals surface area (Å²) in [6.07, 6.45) is 1.60. The van der Waals surface area contributed by atoms with Gasteiger partial charge in [-0.15, -0.1) is 0 Å². The largest absolute Gasteiger partial charge is 0.431 e. The van der Waals surface area contributed by atoms with Crippen LogP contribution < -0.4 is 5.73 Å². The van der Waals surface area contributed by atoms with Crippen molar-refractivity contribution < 1.29 is 9.62 Å². The molecule has 0 aliphatic carbocycles. The van der Waals surface area contributed by atoms with Gasteiger partial charge in [0.05, 0.1) is 0 Å². The molecule has 3 rings (SSSR count). The van der Waals surface area contributed by atoms with Gasteiger partial charge in [0.25, 0.3) is 5.22 Å². The molecule has 0 aliphatic heterocycles. The lowest BCUT2D eigenvalue weighted by atomic mass is 10.2. The Morgan fingerprint density at radius 2 is 2.14 bits per heavy atom. The number of para-hydroxylation sites is 2. The number of rotatable bonds is 4. The van der Waals surface area contributed by atoms with Crippen LogP contribution in [0.15, 0.2) is 57.4 Å². The van der Waals surface area contributed by atoms with E-state index in [2.05, 4.69) is 15.1 Å². The van der Waals surface area contributed by atoms with E-state index in [0.717, 1.165) is 16.7 Å². The van der Waals surface area contributed by atoms with Crippen LogP contribution in [0.1, 0.15) is 11.3 Å². The van der Waals surface area contributed by atoms with E-state index in [4.69, 9.17) is 15.4 Å². The van der Waals surface area contributed by atoms with Crippen LogP contribution in [0.4, 0.5) is 0 Å². The number of aromatic nitrogens is 2. The first-order chi connectivity index (χ1) is 10.3. The van der Waals surface area contributed by atoms with Crippen LogP contribution in [0.3, 0.4) is 0 Å². The molecule has 0 saturated carbocycles. The first kappa shape index (κ1) is 13.4. The van der Waals surface area contributed by atoms with Gasteiger partial charge in [0.1, 0.15) is 11.2 Å². The summed E-state index contributed by atoms with van der Waals surface area (Å²) in [6.45, 7) is 0. The van der Waals surface area contributed by atoms with Crippen molar-refractivity contribution in [2.24, 2.45) is 10.9 Å². The fraction of sp³-hybridized carbons (Fsp3) is 0.0714. The first-order valence-electron chi connectivity index (χ1n) is 6.18. The van der Waals surface area contributed by atoms with Gasteiger partial charge in [-0.05, 0) is 23.8 Å². The van der Waals surface area contributed by atoms with Crippen molar-refractivity contribution in [1.29, 1.82) is 0 Å². The topological polar surface area (TPSA) is 97.5 Å². The molecule has 2 heterocycles. The van der Waals surface area contributed by atoms with E-state index >= 15 is 0 Å². The summed E-state index contributed by atoms with van der Waals surface area (Å²) in [6, 6.07) is 11.3. The molecule has 0 atom stereocenters. The van der Waals surface area contributed by atoms with Gasteiger partial charge in [0.2, 0.25) is 0 Å². The molecule has 0 fully saturated rings. The van der Waals surface area contributed by atoms with Crippen LogP contribution in [0.5, 0.6) is 0 Å². The maximum atomic E-state index is 8.78. The minimum Gasteiger partial charge on any atom is -0.431 e. The molecule has 0 bridgehead atoms. The highest BCUT2D eigenvalue weighted by Crippen LogP contribution is 2.26. The number of benzene rings is 1. The number of hydrogen-bond donors (Lipinski definition) is 2. The van der Waals surface area contributed by atoms with Gasteiger partial charge in [-0.25, -0.2) is 4.98 Å². The van der Waals surface area contributed by atoms with Crippen molar-refractivity contribution in [2.75, 3.05) is 0 Å². The number of thioether (sulfide) groups is 1. The molecule has 106 valence electrons. The quantitative estimate of drug-likeness (QED) is 0.253. The van der Waals surface area contributed by atoms with Gasteiger partial charge in [-0.3, -0.25) is 4.98 Å². The number of nitrogens with zero attached hydrogens (tertiary/aromatic N) is 3. The molecule has 3 N–H and O–H groups in total. The Kier molecular flexibility index (Phi) is 3.74. The number of hydrogen-bond acceptors (Lipinski definition) is 6. The first-order valence-corrected chi connectivity index (χ1v) is 7.16. The molecular weight excluding hydrogens is 288 g/mol. The van der Waals surface area contributed by atoms with Crippen molar-refractivity contribution in [2.45, 2.75) is 11.0 Å². The summed E-state index contributed by atoms with van der Waals surface area (Å²) >= 11 is 1.43. The van der Waals surface area contributed by atoms with Crippen LogP contribution in [0, 0.1) is 0 Å². The zero-order chi connectivity index (χ0) is 14.7. The molecule has 0 saturated heterocycles. The highest BCUT2D eigenvalue weighted by molar-refractivity contribution is 7.98. The third-order valence-electron chi connectivity index (χ3n) is 2.87. The highest BCUT2D eigenvalue weighted by Gasteiger charge is 2.11. The minimum absolute atomic E-state index is 0.0104. The molecule has 0 radical (unpaired) electrons. The molecule has 0 aliphatic rings. The highest BCUT2D eigenvalue weighted by atomic mass is 32.2. The number of amidine groups is 1. The monoisotopic (exact) mass is 300 g/mol. The van der Waals surface area contributed by atoms with Crippen LogP contribution in [0.25, 0.3) is 11.1 Å². The number of oxime groups is 1. The van der Waals surface area contributed by atoms with Gasteiger partial charge in [-0.1, -0.05) is 35.1 Å². The smallest absolute Gasteiger partial charge is 0.257 e. The van der Waals surface area contributed by atoms with Crippen LogP contribution in [-0.4, -0.2) is 21.0 Å². The van der Waals surface area contributed by atoms with E-state index in [1.165, 1.54) is 11.8 Å². The lowest BCUT2D eigenvalue weighted by molar-refractivity contribution is 0.318. The second-order valence-corrected chi connectivity index (χ2v) is 5.16. The molecule has 6 nitrogen and oxygen atoms in total. The van der Waals surface area contributed by atoms with E-state index < -0.39 is 0 Å². The van der Waals surface area contributed by atoms with Gasteiger partial charge < -0.3 is 15.4 Å². The zero-order valence-electron chi connectivity index (χ0n) is 10.9. The van der Waals surface area contributed by atoms with E-state index in [9.17, 15) is 0 Å². The predicted molar refractivity (Wildman–Crippen MR) is 80.3 cm³/mol. The maximum Gasteiger partial charge on any atom is 0.257 e. The molecule has 21 heavy (non-hydrogen) atoms. The summed E-state index contributed by atoms with van der Waals surface area (Å²) in [5.74, 6) is 0.551. The van der Waals surface area contributed by atoms with Crippen molar-refractivity contribution in [3.8, 4) is 0 Å². The Morgan fingerprint density at radius 3 is 2.95 bits per heavy atom. The number of nitrogens with two attached hydrogens (primary N) is 1. The molecular formula is C14H12N4O2S. The van der Waals surface area contributed by atoms with Crippen LogP contribution in [-0.2, 0) is 5.75 Å². The molecule has 0 amide bonds. The summed E-state index contributed by atoms with van der Waals surface area (Å²) < 4.78 is 5.64. The fourth-order valence-corrected chi connectivity index (χ4v) is 2.71. The van der Waals surface area contributed by atoms with E-state index in [1.807, 2.05) is 30.3 Å². The lowest BCUT2D eigenvalue weighted by Gasteiger charge is -2.04. The minimum atomic E-state index is -0.0104. The molecule has 7 heteroatoms. The van der Waals surface area contributed by atoms with Crippen LogP contribution >= 0.6 is 11.8 Å². The number of fused-ring (bicyclic) bond motifs is 1. The van der Waals surface area contributed by atoms with Gasteiger partial charge in [0.15, 0.2) is 11.4 Å². The average molecular weight is 300 g/mol. The SMILES string of the molecule is NC(=NO)c1ncccc1CSc1nc2ccccc2o1. The van der Waals surface area contributed by atoms with Gasteiger partial charge in [0, 0.05) is 11.9 Å². The molecule has 0 unspecified atom stereocenters. The second kappa shape index (κ2) is 5.84. The van der Waals surface area contributed by atoms with Crippen molar-refractivity contribution in [3.63, 3.8) is 0 Å². The Balaban J connectivity index is 1.81. The Hall–Kier alpha value is -2.54. The van der Waals surface area contributed by atoms with E-state index in [-0.39, 0.29) is 5.84 Å². The average Bonchev–Trinajstić information content (AvgIpc) is 2.95. The standard InChI is InChI=1S/C14H12N4O2S/c15-13(18-19)12-9(4-3-7-16-12)8-21-14-17-10-5-1-2-6-11(10)20-14/h1-7,19H,8H2,(H2,15,18). The van der Waals surface area contributed by atoms with Crippen molar-refractivity contribution in [3.05, 3.63) is 53.9 Å². The third-order valence-corrected chi connectivity index (χ3v) is 3.74. The fourth-order valence-electron chi connectivity index (χ4n) is 1.89. The Bertz CT molecular complexity index is 767. The van der Waals surface area contributed by atoms with Gasteiger partial charge in [-0.2, -0.15) is 0 Å². The van der Waals surface area contributed by atoms with Crippen LogP contribution in [0.2, 0.25) is 0 Å². The summed E-state index contributed by atoms with van der Waals surface area (Å²) in [5, 5.41) is 12.3. The van der Waals surface area contributed by atoms with Crippen molar-refractivity contribution in [1.82, 2.24) is 9.97 Å². The normalized spacial score (nSPS) is 11.9. The van der Waals surface area contributed by atoms with Gasteiger partial charge >= 0.3 is 0 Å². The number of oxazole rings is 1. The predicted octanol–water partition coefficient (Wildman–Crippen LogP) is 2.61. The summed E-state index contributed by atoms with van der Waals surface area (Å²) in [7, 11) is 0. The number of pyridine rings is 1. The third kappa shape index (κ3) is 2.82. The molecule has 2 aromatic heterocycles. The lowest BCUT2D eigenvalue weighted by Crippen LogP contribution is -2.17. The molecule has 1 aromatic carbocycles. The summed E-state index contributed by atoms with van der Waals surface area (Å²) in [4.78, 5) is 8.51. The molecule has 0 spiro atoms.